The monoisotopic (exact) mass is 282 g/mol. The van der Waals surface area contributed by atoms with Gasteiger partial charge in [0.2, 0.25) is 5.91 Å². The second kappa shape index (κ2) is 6.88. The van der Waals surface area contributed by atoms with Crippen LogP contribution >= 0.6 is 0 Å². The van der Waals surface area contributed by atoms with Crippen molar-refractivity contribution >= 4 is 5.91 Å². The van der Waals surface area contributed by atoms with Crippen LogP contribution in [0.15, 0.2) is 4.52 Å². The maximum atomic E-state index is 12.0. The third-order valence-corrected chi connectivity index (χ3v) is 3.58. The molecule has 20 heavy (non-hydrogen) atoms. The topological polar surface area (TPSA) is 75.4 Å². The number of rotatable bonds is 6. The number of aliphatic hydroxyl groups is 1. The summed E-state index contributed by atoms with van der Waals surface area (Å²) < 4.78 is 5.09. The minimum atomic E-state index is -0.0680. The van der Waals surface area contributed by atoms with Crippen molar-refractivity contribution in [2.24, 2.45) is 5.41 Å². The Morgan fingerprint density at radius 3 is 2.50 bits per heavy atom. The lowest BCUT2D eigenvalue weighted by atomic mass is 9.85. The molecular weight excluding hydrogens is 256 g/mol. The fraction of sp³-hybridized carbons (Fsp3) is 0.733. The van der Waals surface area contributed by atoms with E-state index in [2.05, 4.69) is 31.2 Å². The Labute approximate surface area is 120 Å². The third-order valence-electron chi connectivity index (χ3n) is 3.58. The summed E-state index contributed by atoms with van der Waals surface area (Å²) in [7, 11) is 0. The Bertz CT molecular complexity index is 427. The van der Waals surface area contributed by atoms with Crippen LogP contribution < -0.4 is 5.32 Å². The minimum absolute atomic E-state index is 0.00150. The third kappa shape index (κ3) is 4.63. The number of carbonyl (C=O) groups excluding carboxylic acids is 1. The SMILES string of the molecule is Cc1noc(C)c1CCC(=O)NC(CCO)C(C)(C)C. The van der Waals surface area contributed by atoms with Gasteiger partial charge in [-0.2, -0.15) is 0 Å². The van der Waals surface area contributed by atoms with E-state index in [0.717, 1.165) is 17.0 Å². The normalized spacial score (nSPS) is 13.3. The van der Waals surface area contributed by atoms with Crippen LogP contribution in [0, 0.1) is 19.3 Å². The van der Waals surface area contributed by atoms with E-state index in [9.17, 15) is 4.79 Å². The lowest BCUT2D eigenvalue weighted by Gasteiger charge is -2.31. The van der Waals surface area contributed by atoms with Crippen molar-refractivity contribution in [1.82, 2.24) is 10.5 Å². The average molecular weight is 282 g/mol. The summed E-state index contributed by atoms with van der Waals surface area (Å²) in [6, 6.07) is -0.0235. The fourth-order valence-electron chi connectivity index (χ4n) is 2.21. The molecule has 0 aromatic carbocycles. The van der Waals surface area contributed by atoms with Crippen LogP contribution in [0.3, 0.4) is 0 Å². The first-order valence-electron chi connectivity index (χ1n) is 7.07. The van der Waals surface area contributed by atoms with Crippen molar-refractivity contribution in [2.75, 3.05) is 6.61 Å². The summed E-state index contributed by atoms with van der Waals surface area (Å²) in [5.74, 6) is 0.774. The van der Waals surface area contributed by atoms with Crippen LogP contribution in [0.5, 0.6) is 0 Å². The average Bonchev–Trinajstić information content (AvgIpc) is 2.65. The van der Waals surface area contributed by atoms with E-state index in [4.69, 9.17) is 9.63 Å². The zero-order chi connectivity index (χ0) is 15.3. The predicted octanol–water partition coefficient (Wildman–Crippen LogP) is 2.14. The molecule has 1 atom stereocenters. The van der Waals surface area contributed by atoms with Gasteiger partial charge in [-0.05, 0) is 32.1 Å². The summed E-state index contributed by atoms with van der Waals surface area (Å²) in [6.45, 7) is 9.99. The zero-order valence-corrected chi connectivity index (χ0v) is 13.1. The molecule has 1 amide bonds. The van der Waals surface area contributed by atoms with Gasteiger partial charge in [0.05, 0.1) is 5.69 Å². The van der Waals surface area contributed by atoms with E-state index in [1.807, 2.05) is 13.8 Å². The second-order valence-electron chi connectivity index (χ2n) is 6.30. The number of nitrogens with zero attached hydrogens (tertiary/aromatic N) is 1. The van der Waals surface area contributed by atoms with Gasteiger partial charge >= 0.3 is 0 Å². The molecule has 0 fully saturated rings. The van der Waals surface area contributed by atoms with E-state index in [-0.39, 0.29) is 24.0 Å². The Hall–Kier alpha value is -1.36. The maximum absolute atomic E-state index is 12.0. The number of nitrogens with one attached hydrogen (secondary N) is 1. The van der Waals surface area contributed by atoms with E-state index >= 15 is 0 Å². The number of carbonyl (C=O) groups is 1. The Morgan fingerprint density at radius 2 is 2.05 bits per heavy atom. The molecule has 1 aromatic rings. The highest BCUT2D eigenvalue weighted by Gasteiger charge is 2.25. The fourth-order valence-corrected chi connectivity index (χ4v) is 2.21. The molecule has 1 rings (SSSR count). The lowest BCUT2D eigenvalue weighted by Crippen LogP contribution is -2.44. The van der Waals surface area contributed by atoms with Gasteiger partial charge in [0.25, 0.3) is 0 Å². The second-order valence-corrected chi connectivity index (χ2v) is 6.30. The Kier molecular flexibility index (Phi) is 5.74. The summed E-state index contributed by atoms with van der Waals surface area (Å²) >= 11 is 0. The van der Waals surface area contributed by atoms with Gasteiger partial charge in [-0.3, -0.25) is 4.79 Å². The summed E-state index contributed by atoms with van der Waals surface area (Å²) in [4.78, 5) is 12.0. The van der Waals surface area contributed by atoms with Gasteiger partial charge < -0.3 is 14.9 Å². The summed E-state index contributed by atoms with van der Waals surface area (Å²) in [6.07, 6.45) is 1.60. The molecule has 0 saturated heterocycles. The first kappa shape index (κ1) is 16.7. The van der Waals surface area contributed by atoms with Gasteiger partial charge in [0.15, 0.2) is 0 Å². The van der Waals surface area contributed by atoms with Crippen molar-refractivity contribution in [3.8, 4) is 0 Å². The molecular formula is C15H26N2O3. The molecule has 0 spiro atoms. The van der Waals surface area contributed by atoms with Gasteiger partial charge in [-0.15, -0.1) is 0 Å². The molecule has 0 bridgehead atoms. The summed E-state index contributed by atoms with van der Waals surface area (Å²) in [5.41, 5.74) is 1.79. The van der Waals surface area contributed by atoms with Gasteiger partial charge in [-0.1, -0.05) is 25.9 Å². The first-order valence-corrected chi connectivity index (χ1v) is 7.07. The molecule has 0 radical (unpaired) electrons. The van der Waals surface area contributed by atoms with Crippen LogP contribution in [0.4, 0.5) is 0 Å². The smallest absolute Gasteiger partial charge is 0.220 e. The molecule has 1 unspecified atom stereocenters. The van der Waals surface area contributed by atoms with Gasteiger partial charge in [0.1, 0.15) is 5.76 Å². The molecule has 114 valence electrons. The highest BCUT2D eigenvalue weighted by atomic mass is 16.5. The molecule has 0 aliphatic rings. The molecule has 2 N–H and O–H groups in total. The van der Waals surface area contributed by atoms with Crippen LogP contribution in [0.2, 0.25) is 0 Å². The predicted molar refractivity (Wildman–Crippen MR) is 77.4 cm³/mol. The van der Waals surface area contributed by atoms with E-state index in [1.165, 1.54) is 0 Å². The number of hydrogen-bond donors (Lipinski definition) is 2. The van der Waals surface area contributed by atoms with Crippen molar-refractivity contribution in [3.05, 3.63) is 17.0 Å². The van der Waals surface area contributed by atoms with E-state index < -0.39 is 0 Å². The number of aliphatic hydroxyl groups excluding tert-OH is 1. The number of aryl methyl sites for hydroxylation is 2. The van der Waals surface area contributed by atoms with Crippen LogP contribution in [0.1, 0.15) is 50.6 Å². The maximum Gasteiger partial charge on any atom is 0.220 e. The standard InChI is InChI=1S/C15H26N2O3/c1-10-12(11(2)20-17-10)6-7-14(19)16-13(8-9-18)15(3,4)5/h13,18H,6-9H2,1-5H3,(H,16,19). The number of hydrogen-bond acceptors (Lipinski definition) is 4. The first-order chi connectivity index (χ1) is 9.25. The largest absolute Gasteiger partial charge is 0.396 e. The van der Waals surface area contributed by atoms with Crippen molar-refractivity contribution in [3.63, 3.8) is 0 Å². The number of amides is 1. The zero-order valence-electron chi connectivity index (χ0n) is 13.1. The van der Waals surface area contributed by atoms with E-state index in [0.29, 0.717) is 19.3 Å². The molecule has 5 nitrogen and oxygen atoms in total. The molecule has 5 heteroatoms. The quantitative estimate of drug-likeness (QED) is 0.838. The summed E-state index contributed by atoms with van der Waals surface area (Å²) in [5, 5.41) is 16.0. The molecule has 0 aliphatic heterocycles. The van der Waals surface area contributed by atoms with E-state index in [1.54, 1.807) is 0 Å². The van der Waals surface area contributed by atoms with Gasteiger partial charge in [-0.25, -0.2) is 0 Å². The van der Waals surface area contributed by atoms with Crippen LogP contribution in [-0.2, 0) is 11.2 Å². The highest BCUT2D eigenvalue weighted by molar-refractivity contribution is 5.76. The van der Waals surface area contributed by atoms with Crippen LogP contribution in [0.25, 0.3) is 0 Å². The van der Waals surface area contributed by atoms with Crippen molar-refractivity contribution in [1.29, 1.82) is 0 Å². The minimum Gasteiger partial charge on any atom is -0.396 e. The Balaban J connectivity index is 2.54. The molecule has 0 saturated carbocycles. The molecule has 0 aliphatic carbocycles. The lowest BCUT2D eigenvalue weighted by molar-refractivity contribution is -0.122. The number of aromatic nitrogens is 1. The molecule has 1 aromatic heterocycles. The van der Waals surface area contributed by atoms with Crippen molar-refractivity contribution < 1.29 is 14.4 Å². The van der Waals surface area contributed by atoms with Gasteiger partial charge in [0, 0.05) is 24.6 Å². The molecule has 1 heterocycles. The Morgan fingerprint density at radius 1 is 1.40 bits per heavy atom. The van der Waals surface area contributed by atoms with Crippen molar-refractivity contribution in [2.45, 2.75) is 59.9 Å². The highest BCUT2D eigenvalue weighted by Crippen LogP contribution is 2.22. The van der Waals surface area contributed by atoms with Crippen LogP contribution in [-0.4, -0.2) is 28.8 Å².